The molecule has 24 heavy (non-hydrogen) atoms. The number of allylic oxidation sites excluding steroid dienone is 2. The van der Waals surface area contributed by atoms with Gasteiger partial charge in [0.2, 0.25) is 11.8 Å². The predicted molar refractivity (Wildman–Crippen MR) is 79.9 cm³/mol. The molecule has 1 fully saturated rings. The number of rotatable bonds is 4. The highest BCUT2D eigenvalue weighted by Crippen LogP contribution is 2.36. The van der Waals surface area contributed by atoms with Crippen LogP contribution in [0, 0.1) is 11.8 Å². The van der Waals surface area contributed by atoms with Crippen LogP contribution in [0.4, 0.5) is 4.79 Å². The van der Waals surface area contributed by atoms with Crippen molar-refractivity contribution in [2.75, 3.05) is 0 Å². The number of fused-ring (bicyclic) bond motifs is 1. The first kappa shape index (κ1) is 17.6. The van der Waals surface area contributed by atoms with E-state index in [2.05, 4.69) is 0 Å². The van der Waals surface area contributed by atoms with Crippen molar-refractivity contribution in [3.63, 3.8) is 0 Å². The molecule has 1 aliphatic carbocycles. The lowest BCUT2D eigenvalue weighted by Gasteiger charge is -2.23. The first-order valence-corrected chi connectivity index (χ1v) is 7.56. The average molecular weight is 337 g/mol. The SMILES string of the molecule is C[C@H](OC(=O)[C@H](C)N1C(=O)[C@H]2CC=CC[C@@H]2C1=O)C(=O)NC(N)=O. The monoisotopic (exact) mass is 337 g/mol. The highest BCUT2D eigenvalue weighted by atomic mass is 16.5. The van der Waals surface area contributed by atoms with Gasteiger partial charge in [0.15, 0.2) is 6.10 Å². The molecule has 5 amide bonds. The molecule has 1 heterocycles. The highest BCUT2D eigenvalue weighted by molar-refractivity contribution is 6.08. The van der Waals surface area contributed by atoms with Gasteiger partial charge in [-0.3, -0.25) is 24.6 Å². The fraction of sp³-hybridized carbons (Fsp3) is 0.533. The summed E-state index contributed by atoms with van der Waals surface area (Å²) in [5, 5.41) is 1.78. The number of nitrogens with zero attached hydrogens (tertiary/aromatic N) is 1. The number of esters is 1. The molecule has 9 nitrogen and oxygen atoms in total. The quantitative estimate of drug-likeness (QED) is 0.401. The fourth-order valence-electron chi connectivity index (χ4n) is 2.86. The lowest BCUT2D eigenvalue weighted by Crippen LogP contribution is -2.47. The molecule has 0 aromatic rings. The van der Waals surface area contributed by atoms with E-state index in [0.29, 0.717) is 12.8 Å². The van der Waals surface area contributed by atoms with Gasteiger partial charge >= 0.3 is 12.0 Å². The smallest absolute Gasteiger partial charge is 0.329 e. The van der Waals surface area contributed by atoms with Crippen LogP contribution < -0.4 is 11.1 Å². The minimum atomic E-state index is -1.29. The van der Waals surface area contributed by atoms with Crippen LogP contribution in [0.5, 0.6) is 0 Å². The number of ether oxygens (including phenoxy) is 1. The summed E-state index contributed by atoms with van der Waals surface area (Å²) in [4.78, 5) is 60.0. The Kier molecular flexibility index (Phi) is 5.01. The van der Waals surface area contributed by atoms with E-state index in [0.717, 1.165) is 4.90 Å². The number of urea groups is 1. The van der Waals surface area contributed by atoms with E-state index in [4.69, 9.17) is 10.5 Å². The summed E-state index contributed by atoms with van der Waals surface area (Å²) >= 11 is 0. The zero-order valence-corrected chi connectivity index (χ0v) is 13.4. The number of nitrogens with one attached hydrogen (secondary N) is 1. The van der Waals surface area contributed by atoms with E-state index < -0.39 is 53.7 Å². The Morgan fingerprint density at radius 1 is 1.17 bits per heavy atom. The van der Waals surface area contributed by atoms with Gasteiger partial charge in [-0.15, -0.1) is 0 Å². The number of amides is 5. The molecule has 1 saturated heterocycles. The Morgan fingerprint density at radius 2 is 1.67 bits per heavy atom. The van der Waals surface area contributed by atoms with Gasteiger partial charge < -0.3 is 10.5 Å². The van der Waals surface area contributed by atoms with Gasteiger partial charge in [-0.1, -0.05) is 12.2 Å². The molecule has 1 aliphatic heterocycles. The molecular weight excluding hydrogens is 318 g/mol. The zero-order valence-electron chi connectivity index (χ0n) is 13.4. The number of likely N-dealkylation sites (tertiary alicyclic amines) is 1. The van der Waals surface area contributed by atoms with Crippen LogP contribution in [0.2, 0.25) is 0 Å². The molecule has 4 atom stereocenters. The van der Waals surface area contributed by atoms with Crippen molar-refractivity contribution >= 4 is 29.7 Å². The normalized spacial score (nSPS) is 25.0. The van der Waals surface area contributed by atoms with Crippen molar-refractivity contribution in [1.82, 2.24) is 10.2 Å². The molecule has 0 aromatic heterocycles. The maximum atomic E-state index is 12.4. The lowest BCUT2D eigenvalue weighted by atomic mass is 9.85. The third-order valence-electron chi connectivity index (χ3n) is 4.18. The Morgan fingerprint density at radius 3 is 2.12 bits per heavy atom. The van der Waals surface area contributed by atoms with Gasteiger partial charge in [-0.25, -0.2) is 9.59 Å². The molecule has 3 N–H and O–H groups in total. The topological polar surface area (TPSA) is 136 Å². The Bertz CT molecular complexity index is 603. The van der Waals surface area contributed by atoms with E-state index in [9.17, 15) is 24.0 Å². The lowest BCUT2D eigenvalue weighted by molar-refractivity contribution is -0.163. The fourth-order valence-corrected chi connectivity index (χ4v) is 2.86. The third-order valence-corrected chi connectivity index (χ3v) is 4.18. The molecule has 2 rings (SSSR count). The summed E-state index contributed by atoms with van der Waals surface area (Å²) in [6, 6.07) is -2.23. The number of nitrogens with two attached hydrogens (primary N) is 1. The molecular formula is C15H19N3O6. The number of carbonyl (C=O) groups excluding carboxylic acids is 5. The van der Waals surface area contributed by atoms with Crippen LogP contribution in [0.3, 0.4) is 0 Å². The number of carbonyl (C=O) groups is 5. The van der Waals surface area contributed by atoms with Gasteiger partial charge in [0, 0.05) is 0 Å². The summed E-state index contributed by atoms with van der Waals surface area (Å²) in [5.74, 6) is -3.52. The minimum Gasteiger partial charge on any atom is -0.451 e. The van der Waals surface area contributed by atoms with Crippen molar-refractivity contribution in [3.8, 4) is 0 Å². The van der Waals surface area contributed by atoms with Crippen molar-refractivity contribution < 1.29 is 28.7 Å². The Balaban J connectivity index is 2.03. The molecule has 0 unspecified atom stereocenters. The van der Waals surface area contributed by atoms with Gasteiger partial charge in [-0.05, 0) is 26.7 Å². The molecule has 9 heteroatoms. The van der Waals surface area contributed by atoms with Crippen molar-refractivity contribution in [3.05, 3.63) is 12.2 Å². The summed E-state index contributed by atoms with van der Waals surface area (Å²) in [7, 11) is 0. The zero-order chi connectivity index (χ0) is 18.0. The highest BCUT2D eigenvalue weighted by Gasteiger charge is 2.50. The summed E-state index contributed by atoms with van der Waals surface area (Å²) < 4.78 is 4.92. The molecule has 0 radical (unpaired) electrons. The second-order valence-corrected chi connectivity index (χ2v) is 5.81. The van der Waals surface area contributed by atoms with E-state index >= 15 is 0 Å². The van der Waals surface area contributed by atoms with E-state index in [-0.39, 0.29) is 0 Å². The van der Waals surface area contributed by atoms with Crippen LogP contribution in [-0.2, 0) is 23.9 Å². The first-order valence-electron chi connectivity index (χ1n) is 7.56. The van der Waals surface area contributed by atoms with Gasteiger partial charge in [0.25, 0.3) is 5.91 Å². The number of primary amides is 1. The van der Waals surface area contributed by atoms with Crippen molar-refractivity contribution in [1.29, 1.82) is 0 Å². The predicted octanol–water partition coefficient (Wildman–Crippen LogP) is -0.547. The maximum Gasteiger partial charge on any atom is 0.329 e. The number of imide groups is 2. The Hall–Kier alpha value is -2.71. The van der Waals surface area contributed by atoms with Crippen LogP contribution in [0.25, 0.3) is 0 Å². The van der Waals surface area contributed by atoms with Crippen LogP contribution in [0.1, 0.15) is 26.7 Å². The summed E-state index contributed by atoms with van der Waals surface area (Å²) in [5.41, 5.74) is 4.81. The minimum absolute atomic E-state index is 0.409. The number of hydrogen-bond donors (Lipinski definition) is 2. The second-order valence-electron chi connectivity index (χ2n) is 5.81. The van der Waals surface area contributed by atoms with Gasteiger partial charge in [0.05, 0.1) is 11.8 Å². The largest absolute Gasteiger partial charge is 0.451 e. The molecule has 0 bridgehead atoms. The van der Waals surface area contributed by atoms with Gasteiger partial charge in [0.1, 0.15) is 6.04 Å². The average Bonchev–Trinajstić information content (AvgIpc) is 2.78. The summed E-state index contributed by atoms with van der Waals surface area (Å²) in [6.07, 6.45) is 3.32. The molecule has 0 saturated carbocycles. The standard InChI is InChI=1S/C15H19N3O6/c1-7(14(22)24-8(2)11(19)17-15(16)23)18-12(20)9-5-3-4-6-10(9)13(18)21/h3-4,7-10H,5-6H2,1-2H3,(H3,16,17,19,23)/t7-,8-,9-,10-/m0/s1. The number of hydrogen-bond acceptors (Lipinski definition) is 6. The van der Waals surface area contributed by atoms with Crippen LogP contribution in [0.15, 0.2) is 12.2 Å². The molecule has 0 aromatic carbocycles. The molecule has 2 aliphatic rings. The first-order chi connectivity index (χ1) is 11.2. The third kappa shape index (κ3) is 3.29. The van der Waals surface area contributed by atoms with E-state index in [1.807, 2.05) is 12.2 Å². The van der Waals surface area contributed by atoms with Crippen molar-refractivity contribution in [2.24, 2.45) is 17.6 Å². The van der Waals surface area contributed by atoms with E-state index in [1.54, 1.807) is 5.32 Å². The van der Waals surface area contributed by atoms with Gasteiger partial charge in [-0.2, -0.15) is 0 Å². The molecule has 130 valence electrons. The molecule has 0 spiro atoms. The Labute approximate surface area is 138 Å². The summed E-state index contributed by atoms with van der Waals surface area (Å²) in [6.45, 7) is 2.61. The van der Waals surface area contributed by atoms with Crippen LogP contribution in [-0.4, -0.2) is 46.8 Å². The van der Waals surface area contributed by atoms with Crippen molar-refractivity contribution in [2.45, 2.75) is 38.8 Å². The maximum absolute atomic E-state index is 12.4. The van der Waals surface area contributed by atoms with Crippen LogP contribution >= 0.6 is 0 Å². The second kappa shape index (κ2) is 6.81. The van der Waals surface area contributed by atoms with E-state index in [1.165, 1.54) is 13.8 Å².